The van der Waals surface area contributed by atoms with Gasteiger partial charge in [-0.2, -0.15) is 4.98 Å². The first-order chi connectivity index (χ1) is 19.5. The Balaban J connectivity index is 1.68. The molecule has 0 aliphatic carbocycles. The molecule has 0 bridgehead atoms. The summed E-state index contributed by atoms with van der Waals surface area (Å²) in [4.78, 5) is 26.8. The Kier molecular flexibility index (Phi) is 9.19. The molecule has 0 aliphatic heterocycles. The first-order valence-electron chi connectivity index (χ1n) is 12.2. The van der Waals surface area contributed by atoms with Crippen LogP contribution in [0.3, 0.4) is 0 Å². The first-order valence-corrected chi connectivity index (χ1v) is 12.2. The van der Waals surface area contributed by atoms with E-state index in [0.717, 1.165) is 5.56 Å². The van der Waals surface area contributed by atoms with Crippen molar-refractivity contribution < 1.29 is 33.2 Å². The molecule has 4 aromatic rings. The van der Waals surface area contributed by atoms with Gasteiger partial charge < -0.3 is 33.7 Å². The van der Waals surface area contributed by atoms with Gasteiger partial charge in [0.2, 0.25) is 5.75 Å². The van der Waals surface area contributed by atoms with Crippen LogP contribution in [0.5, 0.6) is 34.8 Å². The molecule has 0 saturated carbocycles. The normalized spacial score (nSPS) is 10.4. The average molecular weight is 547 g/mol. The van der Waals surface area contributed by atoms with Crippen molar-refractivity contribution in [1.29, 1.82) is 0 Å². The van der Waals surface area contributed by atoms with E-state index in [2.05, 4.69) is 20.3 Å². The van der Waals surface area contributed by atoms with Crippen molar-refractivity contribution in [2.75, 3.05) is 40.9 Å². The van der Waals surface area contributed by atoms with Crippen LogP contribution in [-0.2, 0) is 13.2 Å². The molecule has 0 saturated heterocycles. The van der Waals surface area contributed by atoms with Crippen LogP contribution in [0.25, 0.3) is 0 Å². The summed E-state index contributed by atoms with van der Waals surface area (Å²) in [7, 11) is 7.61. The van der Waals surface area contributed by atoms with Gasteiger partial charge in [0.15, 0.2) is 28.8 Å². The maximum atomic E-state index is 13.7. The Morgan fingerprint density at radius 2 is 1.52 bits per heavy atom. The van der Waals surface area contributed by atoms with Crippen LogP contribution in [0.4, 0.5) is 5.82 Å². The van der Waals surface area contributed by atoms with E-state index in [1.54, 1.807) is 38.6 Å². The highest BCUT2D eigenvalue weighted by atomic mass is 16.5. The number of carbonyl (C=O) groups excluding carboxylic acids is 1. The number of ether oxygens (including phenoxy) is 6. The molecule has 2 aromatic carbocycles. The SMILES string of the molecule is COc1ccc(CNc2nc(OCc3ccccn3)ncc2C(=O)c2cc(OC)c(OC)c(OC)c2)cc1OC. The predicted octanol–water partition coefficient (Wildman–Crippen LogP) is 4.34. The molecule has 1 N–H and O–H groups in total. The number of aromatic nitrogens is 3. The number of benzene rings is 2. The summed E-state index contributed by atoms with van der Waals surface area (Å²) in [6.07, 6.45) is 3.10. The van der Waals surface area contributed by atoms with E-state index >= 15 is 0 Å². The number of hydrogen-bond acceptors (Lipinski definition) is 11. The predicted molar refractivity (Wildman–Crippen MR) is 147 cm³/mol. The van der Waals surface area contributed by atoms with Gasteiger partial charge in [-0.05, 0) is 42.0 Å². The van der Waals surface area contributed by atoms with Gasteiger partial charge >= 0.3 is 6.01 Å². The van der Waals surface area contributed by atoms with Crippen LogP contribution in [0.15, 0.2) is 60.9 Å². The molecule has 11 heteroatoms. The topological polar surface area (TPSA) is 123 Å². The largest absolute Gasteiger partial charge is 0.493 e. The lowest BCUT2D eigenvalue weighted by Gasteiger charge is -2.15. The summed E-state index contributed by atoms with van der Waals surface area (Å²) in [5.41, 5.74) is 2.11. The van der Waals surface area contributed by atoms with Gasteiger partial charge in [0, 0.05) is 24.5 Å². The average Bonchev–Trinajstić information content (AvgIpc) is 3.01. The van der Waals surface area contributed by atoms with Crippen LogP contribution >= 0.6 is 0 Å². The van der Waals surface area contributed by atoms with Crippen LogP contribution in [0, 0.1) is 0 Å². The zero-order valence-corrected chi connectivity index (χ0v) is 22.9. The Morgan fingerprint density at radius 3 is 2.15 bits per heavy atom. The van der Waals surface area contributed by atoms with E-state index in [9.17, 15) is 4.79 Å². The van der Waals surface area contributed by atoms with Crippen LogP contribution in [0.1, 0.15) is 27.2 Å². The van der Waals surface area contributed by atoms with Gasteiger partial charge in [0.1, 0.15) is 12.4 Å². The van der Waals surface area contributed by atoms with E-state index in [-0.39, 0.29) is 29.8 Å². The van der Waals surface area contributed by atoms with Crippen molar-refractivity contribution in [1.82, 2.24) is 15.0 Å². The lowest BCUT2D eigenvalue weighted by molar-refractivity contribution is 0.103. The van der Waals surface area contributed by atoms with Crippen LogP contribution < -0.4 is 33.7 Å². The van der Waals surface area contributed by atoms with E-state index in [1.807, 2.05) is 30.3 Å². The number of rotatable bonds is 13. The quantitative estimate of drug-likeness (QED) is 0.241. The zero-order chi connectivity index (χ0) is 28.5. The van der Waals surface area contributed by atoms with Crippen LogP contribution in [-0.4, -0.2) is 56.3 Å². The Bertz CT molecular complexity index is 1440. The van der Waals surface area contributed by atoms with E-state index in [0.29, 0.717) is 46.5 Å². The number of anilines is 1. The van der Waals surface area contributed by atoms with Crippen LogP contribution in [0.2, 0.25) is 0 Å². The van der Waals surface area contributed by atoms with Gasteiger partial charge in [0.25, 0.3) is 0 Å². The highest BCUT2D eigenvalue weighted by Crippen LogP contribution is 2.39. The Morgan fingerprint density at radius 1 is 0.800 bits per heavy atom. The van der Waals surface area contributed by atoms with Gasteiger partial charge in [-0.25, -0.2) is 4.98 Å². The van der Waals surface area contributed by atoms with E-state index < -0.39 is 0 Å². The molecule has 0 unspecified atom stereocenters. The molecular weight excluding hydrogens is 516 g/mol. The molecule has 4 rings (SSSR count). The molecule has 2 heterocycles. The van der Waals surface area contributed by atoms with Crippen molar-refractivity contribution in [3.8, 4) is 34.8 Å². The summed E-state index contributed by atoms with van der Waals surface area (Å²) in [5, 5.41) is 3.24. The van der Waals surface area contributed by atoms with Crippen molar-refractivity contribution in [2.45, 2.75) is 13.2 Å². The summed E-state index contributed by atoms with van der Waals surface area (Å²) < 4.78 is 32.7. The fourth-order valence-electron chi connectivity index (χ4n) is 3.90. The maximum Gasteiger partial charge on any atom is 0.318 e. The van der Waals surface area contributed by atoms with E-state index in [4.69, 9.17) is 28.4 Å². The third-order valence-corrected chi connectivity index (χ3v) is 5.92. The van der Waals surface area contributed by atoms with E-state index in [1.165, 1.54) is 27.5 Å². The monoisotopic (exact) mass is 546 g/mol. The molecule has 0 amide bonds. The van der Waals surface area contributed by atoms with Crippen molar-refractivity contribution in [2.24, 2.45) is 0 Å². The molecule has 2 aromatic heterocycles. The van der Waals surface area contributed by atoms with Gasteiger partial charge in [-0.15, -0.1) is 0 Å². The van der Waals surface area contributed by atoms with Crippen molar-refractivity contribution >= 4 is 11.6 Å². The summed E-state index contributed by atoms with van der Waals surface area (Å²) in [6, 6.07) is 14.3. The lowest BCUT2D eigenvalue weighted by Crippen LogP contribution is -2.13. The third-order valence-electron chi connectivity index (χ3n) is 5.92. The molecule has 0 spiro atoms. The second-order valence-electron chi connectivity index (χ2n) is 8.31. The number of nitrogens with zero attached hydrogens (tertiary/aromatic N) is 3. The molecule has 11 nitrogen and oxygen atoms in total. The molecule has 0 atom stereocenters. The van der Waals surface area contributed by atoms with Crippen molar-refractivity contribution in [3.63, 3.8) is 0 Å². The molecule has 40 heavy (non-hydrogen) atoms. The minimum Gasteiger partial charge on any atom is -0.493 e. The van der Waals surface area contributed by atoms with Gasteiger partial charge in [0.05, 0.1) is 46.8 Å². The zero-order valence-electron chi connectivity index (χ0n) is 22.9. The molecule has 0 fully saturated rings. The second kappa shape index (κ2) is 13.1. The number of hydrogen-bond donors (Lipinski definition) is 1. The second-order valence-corrected chi connectivity index (χ2v) is 8.31. The standard InChI is InChI=1S/C29H30N4O7/c1-35-22-10-9-18(12-23(22)36-2)15-31-28-21(16-32-29(33-28)40-17-20-8-6-7-11-30-20)26(34)19-13-24(37-3)27(39-5)25(14-19)38-4/h6-14,16H,15,17H2,1-5H3,(H,31,32,33). The summed E-state index contributed by atoms with van der Waals surface area (Å²) in [5.74, 6) is 2.18. The Hall–Kier alpha value is -5.06. The fraction of sp³-hybridized carbons (Fsp3) is 0.241. The highest BCUT2D eigenvalue weighted by molar-refractivity contribution is 6.12. The summed E-state index contributed by atoms with van der Waals surface area (Å²) in [6.45, 7) is 0.489. The molecular formula is C29H30N4O7. The highest BCUT2D eigenvalue weighted by Gasteiger charge is 2.22. The fourth-order valence-corrected chi connectivity index (χ4v) is 3.90. The molecule has 208 valence electrons. The van der Waals surface area contributed by atoms with Gasteiger partial charge in [-0.1, -0.05) is 12.1 Å². The first kappa shape index (κ1) is 28.0. The number of carbonyl (C=O) groups is 1. The minimum atomic E-state index is -0.356. The lowest BCUT2D eigenvalue weighted by atomic mass is 10.0. The Labute approximate surface area is 232 Å². The smallest absolute Gasteiger partial charge is 0.318 e. The van der Waals surface area contributed by atoms with Gasteiger partial charge in [-0.3, -0.25) is 9.78 Å². The van der Waals surface area contributed by atoms with Crippen molar-refractivity contribution in [3.05, 3.63) is 83.3 Å². The third kappa shape index (κ3) is 6.32. The number of nitrogens with one attached hydrogen (secondary N) is 1. The molecule has 0 aliphatic rings. The number of methoxy groups -OCH3 is 5. The number of pyridine rings is 1. The minimum absolute atomic E-state index is 0.0851. The maximum absolute atomic E-state index is 13.7. The molecule has 0 radical (unpaired) electrons. The number of ketones is 1. The summed E-state index contributed by atoms with van der Waals surface area (Å²) >= 11 is 0.